The third kappa shape index (κ3) is 3.24. The second kappa shape index (κ2) is 6.21. The van der Waals surface area contributed by atoms with E-state index < -0.39 is 0 Å². The van der Waals surface area contributed by atoms with E-state index in [-0.39, 0.29) is 11.9 Å². The van der Waals surface area contributed by atoms with Crippen molar-refractivity contribution in [2.24, 2.45) is 0 Å². The van der Waals surface area contributed by atoms with Crippen molar-refractivity contribution in [1.82, 2.24) is 4.90 Å². The van der Waals surface area contributed by atoms with Gasteiger partial charge in [-0.25, -0.2) is 0 Å². The van der Waals surface area contributed by atoms with E-state index in [1.807, 2.05) is 24.3 Å². The predicted molar refractivity (Wildman–Crippen MR) is 71.9 cm³/mol. The molecule has 0 amide bonds. The number of esters is 1. The molecule has 0 saturated carbocycles. The maximum absolute atomic E-state index is 11.9. The molecule has 0 bridgehead atoms. The summed E-state index contributed by atoms with van der Waals surface area (Å²) in [5, 5.41) is 0.655. The molecule has 4 heteroatoms. The minimum Gasteiger partial charge on any atom is -0.469 e. The first-order valence-electron chi connectivity index (χ1n) is 6.26. The molecule has 18 heavy (non-hydrogen) atoms. The second-order valence-electron chi connectivity index (χ2n) is 4.64. The minimum atomic E-state index is -0.244. The maximum atomic E-state index is 11.9. The van der Waals surface area contributed by atoms with Gasteiger partial charge in [0.05, 0.1) is 13.0 Å². The smallest absolute Gasteiger partial charge is 0.314 e. The average Bonchev–Trinajstić information content (AvgIpc) is 2.88. The van der Waals surface area contributed by atoms with E-state index >= 15 is 0 Å². The summed E-state index contributed by atoms with van der Waals surface area (Å²) < 4.78 is 4.91. The Labute approximate surface area is 113 Å². The van der Waals surface area contributed by atoms with Crippen LogP contribution in [0.2, 0.25) is 5.02 Å². The molecule has 0 N–H and O–H groups in total. The lowest BCUT2D eigenvalue weighted by atomic mass is 9.98. The molecule has 2 rings (SSSR count). The zero-order chi connectivity index (χ0) is 13.0. The summed E-state index contributed by atoms with van der Waals surface area (Å²) in [5.41, 5.74) is 0.932. The molecular formula is C14H18ClNO2. The fourth-order valence-electron chi connectivity index (χ4n) is 2.41. The molecule has 0 aromatic heterocycles. The largest absolute Gasteiger partial charge is 0.469 e. The summed E-state index contributed by atoms with van der Waals surface area (Å²) >= 11 is 5.99. The Morgan fingerprint density at radius 1 is 1.44 bits per heavy atom. The van der Waals surface area contributed by atoms with Crippen molar-refractivity contribution in [1.29, 1.82) is 0 Å². The molecule has 98 valence electrons. The third-order valence-electron chi connectivity index (χ3n) is 3.38. The standard InChI is InChI=1S/C14H18ClNO2/c1-18-14(17)13(10-16-7-2-3-8-16)11-5-4-6-12(15)9-11/h4-6,9,13H,2-3,7-8,10H2,1H3. The van der Waals surface area contributed by atoms with Crippen molar-refractivity contribution >= 4 is 17.6 Å². The van der Waals surface area contributed by atoms with Gasteiger partial charge in [0.15, 0.2) is 0 Å². The van der Waals surface area contributed by atoms with Gasteiger partial charge in [-0.05, 0) is 43.6 Å². The molecule has 1 unspecified atom stereocenters. The van der Waals surface area contributed by atoms with E-state index in [1.54, 1.807) is 0 Å². The van der Waals surface area contributed by atoms with Crippen molar-refractivity contribution in [3.8, 4) is 0 Å². The highest BCUT2D eigenvalue weighted by atomic mass is 35.5. The molecule has 1 saturated heterocycles. The van der Waals surface area contributed by atoms with Crippen LogP contribution in [-0.4, -0.2) is 37.6 Å². The predicted octanol–water partition coefficient (Wildman–Crippen LogP) is 2.69. The zero-order valence-corrected chi connectivity index (χ0v) is 11.3. The number of benzene rings is 1. The van der Waals surface area contributed by atoms with Crippen LogP contribution in [0.15, 0.2) is 24.3 Å². The first-order chi connectivity index (χ1) is 8.70. The topological polar surface area (TPSA) is 29.5 Å². The molecule has 0 spiro atoms. The molecule has 3 nitrogen and oxygen atoms in total. The molecule has 1 aliphatic heterocycles. The van der Waals surface area contributed by atoms with E-state index in [0.29, 0.717) is 11.6 Å². The Morgan fingerprint density at radius 2 is 2.17 bits per heavy atom. The number of halogens is 1. The van der Waals surface area contributed by atoms with Crippen molar-refractivity contribution < 1.29 is 9.53 Å². The van der Waals surface area contributed by atoms with Gasteiger partial charge in [0, 0.05) is 11.6 Å². The first-order valence-corrected chi connectivity index (χ1v) is 6.64. The Kier molecular flexibility index (Phi) is 4.61. The highest BCUT2D eigenvalue weighted by Gasteiger charge is 2.25. The van der Waals surface area contributed by atoms with Crippen LogP contribution in [0, 0.1) is 0 Å². The van der Waals surface area contributed by atoms with Crippen LogP contribution in [0.25, 0.3) is 0 Å². The quantitative estimate of drug-likeness (QED) is 0.786. The van der Waals surface area contributed by atoms with Crippen LogP contribution in [0.3, 0.4) is 0 Å². The van der Waals surface area contributed by atoms with Gasteiger partial charge in [0.2, 0.25) is 0 Å². The number of hydrogen-bond acceptors (Lipinski definition) is 3. The lowest BCUT2D eigenvalue weighted by Crippen LogP contribution is -2.30. The van der Waals surface area contributed by atoms with Gasteiger partial charge < -0.3 is 9.64 Å². The van der Waals surface area contributed by atoms with Crippen molar-refractivity contribution in [3.63, 3.8) is 0 Å². The van der Waals surface area contributed by atoms with Crippen LogP contribution in [-0.2, 0) is 9.53 Å². The molecule has 1 aromatic carbocycles. The van der Waals surface area contributed by atoms with Crippen molar-refractivity contribution in [3.05, 3.63) is 34.9 Å². The van der Waals surface area contributed by atoms with E-state index in [1.165, 1.54) is 20.0 Å². The molecule has 1 atom stereocenters. The summed E-state index contributed by atoms with van der Waals surface area (Å²) in [6, 6.07) is 7.47. The fraction of sp³-hybridized carbons (Fsp3) is 0.500. The summed E-state index contributed by atoms with van der Waals surface area (Å²) in [6.45, 7) is 2.84. The zero-order valence-electron chi connectivity index (χ0n) is 10.6. The van der Waals surface area contributed by atoms with Crippen molar-refractivity contribution in [2.75, 3.05) is 26.7 Å². The van der Waals surface area contributed by atoms with Gasteiger partial charge in [-0.15, -0.1) is 0 Å². The van der Waals surface area contributed by atoms with Gasteiger partial charge in [-0.1, -0.05) is 23.7 Å². The van der Waals surface area contributed by atoms with Crippen LogP contribution in [0.5, 0.6) is 0 Å². The number of methoxy groups -OCH3 is 1. The molecule has 1 aromatic rings. The summed E-state index contributed by atoms with van der Waals surface area (Å²) in [6.07, 6.45) is 2.42. The van der Waals surface area contributed by atoms with E-state index in [4.69, 9.17) is 16.3 Å². The summed E-state index contributed by atoms with van der Waals surface area (Å²) in [5.74, 6) is -0.434. The Hall–Kier alpha value is -1.06. The van der Waals surface area contributed by atoms with Gasteiger partial charge in [-0.3, -0.25) is 4.79 Å². The number of rotatable bonds is 4. The van der Waals surface area contributed by atoms with Crippen LogP contribution >= 0.6 is 11.6 Å². The first kappa shape index (κ1) is 13.4. The lowest BCUT2D eigenvalue weighted by Gasteiger charge is -2.22. The average molecular weight is 268 g/mol. The Balaban J connectivity index is 2.16. The van der Waals surface area contributed by atoms with Crippen LogP contribution in [0.1, 0.15) is 24.3 Å². The lowest BCUT2D eigenvalue weighted by molar-refractivity contribution is -0.142. The normalized spacial score (nSPS) is 17.7. The van der Waals surface area contributed by atoms with E-state index in [9.17, 15) is 4.79 Å². The Bertz CT molecular complexity index is 416. The number of likely N-dealkylation sites (tertiary alicyclic amines) is 1. The molecule has 1 heterocycles. The SMILES string of the molecule is COC(=O)C(CN1CCCC1)c1cccc(Cl)c1. The highest BCUT2D eigenvalue weighted by Crippen LogP contribution is 2.23. The number of hydrogen-bond donors (Lipinski definition) is 0. The number of nitrogens with zero attached hydrogens (tertiary/aromatic N) is 1. The molecule has 0 aliphatic carbocycles. The fourth-order valence-corrected chi connectivity index (χ4v) is 2.60. The minimum absolute atomic E-state index is 0.191. The number of carbonyl (C=O) groups is 1. The van der Waals surface area contributed by atoms with E-state index in [2.05, 4.69) is 4.90 Å². The molecule has 0 radical (unpaired) electrons. The summed E-state index contributed by atoms with van der Waals surface area (Å²) in [4.78, 5) is 14.2. The number of ether oxygens (including phenoxy) is 1. The maximum Gasteiger partial charge on any atom is 0.314 e. The van der Waals surface area contributed by atoms with Gasteiger partial charge in [0.1, 0.15) is 0 Å². The molecule has 1 fully saturated rings. The number of carbonyl (C=O) groups excluding carboxylic acids is 1. The highest BCUT2D eigenvalue weighted by molar-refractivity contribution is 6.30. The van der Waals surface area contributed by atoms with Crippen molar-refractivity contribution in [2.45, 2.75) is 18.8 Å². The Morgan fingerprint density at radius 3 is 2.78 bits per heavy atom. The van der Waals surface area contributed by atoms with Gasteiger partial charge >= 0.3 is 5.97 Å². The van der Waals surface area contributed by atoms with Crippen LogP contribution in [0.4, 0.5) is 0 Å². The molecule has 1 aliphatic rings. The monoisotopic (exact) mass is 267 g/mol. The van der Waals surface area contributed by atoms with Crippen LogP contribution < -0.4 is 0 Å². The van der Waals surface area contributed by atoms with Gasteiger partial charge in [-0.2, -0.15) is 0 Å². The van der Waals surface area contributed by atoms with Gasteiger partial charge in [0.25, 0.3) is 0 Å². The molecular weight excluding hydrogens is 250 g/mol. The summed E-state index contributed by atoms with van der Waals surface area (Å²) in [7, 11) is 1.43. The second-order valence-corrected chi connectivity index (χ2v) is 5.07. The van der Waals surface area contributed by atoms with E-state index in [0.717, 1.165) is 18.7 Å². The third-order valence-corrected chi connectivity index (χ3v) is 3.61.